The van der Waals surface area contributed by atoms with E-state index in [0.29, 0.717) is 34.7 Å². The predicted octanol–water partition coefficient (Wildman–Crippen LogP) is 6.66. The van der Waals surface area contributed by atoms with Gasteiger partial charge in [0.2, 0.25) is 5.91 Å². The van der Waals surface area contributed by atoms with Crippen LogP contribution in [0.5, 0.6) is 5.75 Å². The molecule has 5 nitrogen and oxygen atoms in total. The van der Waals surface area contributed by atoms with Gasteiger partial charge in [0, 0.05) is 19.5 Å². The Morgan fingerprint density at radius 1 is 0.919 bits per heavy atom. The number of carbonyl (C=O) groups excluding carboxylic acids is 2. The van der Waals surface area contributed by atoms with E-state index in [0.717, 1.165) is 17.5 Å². The lowest BCUT2D eigenvalue weighted by molar-refractivity contribution is -0.142. The molecule has 0 radical (unpaired) electrons. The van der Waals surface area contributed by atoms with Crippen LogP contribution in [0, 0.1) is 0 Å². The van der Waals surface area contributed by atoms with E-state index < -0.39 is 6.04 Å². The summed E-state index contributed by atoms with van der Waals surface area (Å²) in [6, 6.07) is 21.9. The third-order valence-electron chi connectivity index (χ3n) is 6.07. The normalized spacial score (nSPS) is 11.7. The van der Waals surface area contributed by atoms with E-state index in [2.05, 4.69) is 19.2 Å². The molecular formula is C30H34Cl2N2O3. The summed E-state index contributed by atoms with van der Waals surface area (Å²) in [6.45, 7) is 6.74. The fourth-order valence-electron chi connectivity index (χ4n) is 3.93. The molecule has 3 rings (SSSR count). The quantitative estimate of drug-likeness (QED) is 0.279. The molecule has 0 aliphatic rings. The van der Waals surface area contributed by atoms with Gasteiger partial charge in [-0.05, 0) is 53.3 Å². The topological polar surface area (TPSA) is 58.6 Å². The molecule has 0 heterocycles. The molecule has 1 unspecified atom stereocenters. The molecule has 0 fully saturated rings. The standard InChI is InChI=1S/C30H34Cl2N2O3/c1-4-16-33-30(36)28(18-22-8-6-5-7-9-22)34(19-23-10-15-26(31)27(32)17-23)29(35)20-37-25-13-11-24(12-14-25)21(2)3/h5-15,17,21,28H,4,16,18-20H2,1-3H3,(H,33,36). The smallest absolute Gasteiger partial charge is 0.261 e. The predicted molar refractivity (Wildman–Crippen MR) is 150 cm³/mol. The van der Waals surface area contributed by atoms with Gasteiger partial charge < -0.3 is 15.0 Å². The Balaban J connectivity index is 1.88. The van der Waals surface area contributed by atoms with Gasteiger partial charge in [0.05, 0.1) is 10.0 Å². The minimum atomic E-state index is -0.733. The molecular weight excluding hydrogens is 507 g/mol. The highest BCUT2D eigenvalue weighted by molar-refractivity contribution is 6.42. The van der Waals surface area contributed by atoms with Crippen molar-refractivity contribution in [1.29, 1.82) is 0 Å². The minimum Gasteiger partial charge on any atom is -0.484 e. The Kier molecular flexibility index (Phi) is 10.8. The van der Waals surface area contributed by atoms with Gasteiger partial charge in [-0.3, -0.25) is 9.59 Å². The first-order valence-corrected chi connectivity index (χ1v) is 13.3. The third kappa shape index (κ3) is 8.51. The molecule has 1 atom stereocenters. The molecule has 0 spiro atoms. The molecule has 0 bridgehead atoms. The van der Waals surface area contributed by atoms with E-state index in [1.807, 2.05) is 67.6 Å². The van der Waals surface area contributed by atoms with E-state index in [4.69, 9.17) is 27.9 Å². The summed E-state index contributed by atoms with van der Waals surface area (Å²) in [5.74, 6) is 0.493. The number of hydrogen-bond acceptors (Lipinski definition) is 3. The van der Waals surface area contributed by atoms with Crippen molar-refractivity contribution in [3.05, 3.63) is 99.5 Å². The third-order valence-corrected chi connectivity index (χ3v) is 6.81. The molecule has 2 amide bonds. The van der Waals surface area contributed by atoms with Crippen molar-refractivity contribution < 1.29 is 14.3 Å². The van der Waals surface area contributed by atoms with Crippen LogP contribution >= 0.6 is 23.2 Å². The van der Waals surface area contributed by atoms with E-state index in [1.54, 1.807) is 17.0 Å². The number of nitrogens with one attached hydrogen (secondary N) is 1. The van der Waals surface area contributed by atoms with Gasteiger partial charge >= 0.3 is 0 Å². The Morgan fingerprint density at radius 2 is 1.62 bits per heavy atom. The summed E-state index contributed by atoms with van der Waals surface area (Å²) in [4.78, 5) is 28.5. The zero-order valence-electron chi connectivity index (χ0n) is 21.5. The summed E-state index contributed by atoms with van der Waals surface area (Å²) >= 11 is 12.4. The number of amides is 2. The number of ether oxygens (including phenoxy) is 1. The number of hydrogen-bond donors (Lipinski definition) is 1. The maximum atomic E-state index is 13.6. The van der Waals surface area contributed by atoms with Crippen LogP contribution in [0.2, 0.25) is 10.0 Å². The lowest BCUT2D eigenvalue weighted by Gasteiger charge is -2.31. The van der Waals surface area contributed by atoms with Crippen molar-refractivity contribution in [1.82, 2.24) is 10.2 Å². The molecule has 1 N–H and O–H groups in total. The van der Waals surface area contributed by atoms with Crippen LogP contribution in [0.25, 0.3) is 0 Å². The summed E-state index contributed by atoms with van der Waals surface area (Å²) < 4.78 is 5.86. The Labute approximate surface area is 229 Å². The van der Waals surface area contributed by atoms with E-state index in [9.17, 15) is 9.59 Å². The second-order valence-corrected chi connectivity index (χ2v) is 10.1. The fourth-order valence-corrected chi connectivity index (χ4v) is 4.25. The van der Waals surface area contributed by atoms with Crippen LogP contribution in [-0.4, -0.2) is 35.9 Å². The van der Waals surface area contributed by atoms with Crippen LogP contribution in [0.15, 0.2) is 72.8 Å². The van der Waals surface area contributed by atoms with Crippen molar-refractivity contribution in [3.8, 4) is 5.75 Å². The highest BCUT2D eigenvalue weighted by Crippen LogP contribution is 2.25. The molecule has 3 aromatic rings. The molecule has 37 heavy (non-hydrogen) atoms. The zero-order valence-corrected chi connectivity index (χ0v) is 23.1. The van der Waals surface area contributed by atoms with Gasteiger partial charge in [0.1, 0.15) is 11.8 Å². The summed E-state index contributed by atoms with van der Waals surface area (Å²) in [5.41, 5.74) is 2.91. The number of rotatable bonds is 12. The van der Waals surface area contributed by atoms with Crippen molar-refractivity contribution >= 4 is 35.0 Å². The van der Waals surface area contributed by atoms with Crippen molar-refractivity contribution in [2.45, 2.75) is 52.1 Å². The first-order chi connectivity index (χ1) is 17.8. The van der Waals surface area contributed by atoms with Crippen LogP contribution in [0.4, 0.5) is 0 Å². The number of benzene rings is 3. The highest BCUT2D eigenvalue weighted by Gasteiger charge is 2.30. The molecule has 196 valence electrons. The maximum absolute atomic E-state index is 13.6. The van der Waals surface area contributed by atoms with Gasteiger partial charge in [0.25, 0.3) is 5.91 Å². The largest absolute Gasteiger partial charge is 0.484 e. The molecule has 0 aliphatic heterocycles. The average molecular weight is 542 g/mol. The maximum Gasteiger partial charge on any atom is 0.261 e. The Hall–Kier alpha value is -3.02. The zero-order chi connectivity index (χ0) is 26.8. The molecule has 7 heteroatoms. The highest BCUT2D eigenvalue weighted by atomic mass is 35.5. The first kappa shape index (κ1) is 28.5. The van der Waals surface area contributed by atoms with Crippen LogP contribution in [-0.2, 0) is 22.6 Å². The first-order valence-electron chi connectivity index (χ1n) is 12.6. The van der Waals surface area contributed by atoms with Crippen molar-refractivity contribution in [2.75, 3.05) is 13.2 Å². The van der Waals surface area contributed by atoms with Gasteiger partial charge in [0.15, 0.2) is 6.61 Å². The van der Waals surface area contributed by atoms with Crippen LogP contribution in [0.1, 0.15) is 49.8 Å². The second kappa shape index (κ2) is 14.1. The van der Waals surface area contributed by atoms with Crippen molar-refractivity contribution in [2.24, 2.45) is 0 Å². The molecule has 0 saturated heterocycles. The van der Waals surface area contributed by atoms with Crippen molar-refractivity contribution in [3.63, 3.8) is 0 Å². The van der Waals surface area contributed by atoms with Crippen LogP contribution in [0.3, 0.4) is 0 Å². The molecule has 0 aromatic heterocycles. The molecule has 0 saturated carbocycles. The van der Waals surface area contributed by atoms with Crippen LogP contribution < -0.4 is 10.1 Å². The van der Waals surface area contributed by atoms with E-state index in [1.165, 1.54) is 5.56 Å². The Bertz CT molecular complexity index is 1170. The monoisotopic (exact) mass is 540 g/mol. The minimum absolute atomic E-state index is 0.183. The summed E-state index contributed by atoms with van der Waals surface area (Å²) in [5, 5.41) is 3.78. The van der Waals surface area contributed by atoms with E-state index in [-0.39, 0.29) is 25.0 Å². The second-order valence-electron chi connectivity index (χ2n) is 9.28. The number of nitrogens with zero attached hydrogens (tertiary/aromatic N) is 1. The number of halogens is 2. The van der Waals surface area contributed by atoms with Gasteiger partial charge in [-0.2, -0.15) is 0 Å². The lowest BCUT2D eigenvalue weighted by atomic mass is 10.0. The molecule has 0 aliphatic carbocycles. The summed E-state index contributed by atoms with van der Waals surface area (Å²) in [7, 11) is 0. The van der Waals surface area contributed by atoms with Gasteiger partial charge in [-0.25, -0.2) is 0 Å². The summed E-state index contributed by atoms with van der Waals surface area (Å²) in [6.07, 6.45) is 1.16. The molecule has 3 aromatic carbocycles. The fraction of sp³-hybridized carbons (Fsp3) is 0.333. The van der Waals surface area contributed by atoms with Gasteiger partial charge in [-0.1, -0.05) is 92.5 Å². The average Bonchev–Trinajstić information content (AvgIpc) is 2.90. The Morgan fingerprint density at radius 3 is 2.24 bits per heavy atom. The van der Waals surface area contributed by atoms with E-state index >= 15 is 0 Å². The lowest BCUT2D eigenvalue weighted by Crippen LogP contribution is -2.51. The number of carbonyl (C=O) groups is 2. The van der Waals surface area contributed by atoms with Gasteiger partial charge in [-0.15, -0.1) is 0 Å². The SMILES string of the molecule is CCCNC(=O)C(Cc1ccccc1)N(Cc1ccc(Cl)c(Cl)c1)C(=O)COc1ccc(C(C)C)cc1.